The lowest BCUT2D eigenvalue weighted by Crippen LogP contribution is -2.54. The summed E-state index contributed by atoms with van der Waals surface area (Å²) in [7, 11) is 2.62. The van der Waals surface area contributed by atoms with E-state index >= 15 is 0 Å². The molecule has 60 heavy (non-hydrogen) atoms. The van der Waals surface area contributed by atoms with Crippen LogP contribution in [-0.4, -0.2) is 92.1 Å². The van der Waals surface area contributed by atoms with Gasteiger partial charge in [-0.15, -0.1) is 0 Å². The average Bonchev–Trinajstić information content (AvgIpc) is 3.97. The van der Waals surface area contributed by atoms with E-state index in [9.17, 15) is 19.2 Å². The van der Waals surface area contributed by atoms with Gasteiger partial charge in [0.25, 0.3) is 0 Å². The number of rotatable bonds is 10. The Morgan fingerprint density at radius 3 is 2.08 bits per heavy atom. The van der Waals surface area contributed by atoms with E-state index in [-0.39, 0.29) is 47.8 Å². The molecule has 5 aromatic rings. The van der Waals surface area contributed by atoms with Crippen LogP contribution in [0.4, 0.5) is 9.59 Å². The van der Waals surface area contributed by atoms with Crippen molar-refractivity contribution in [2.45, 2.75) is 96.6 Å². The molecule has 0 spiro atoms. The van der Waals surface area contributed by atoms with Gasteiger partial charge in [0, 0.05) is 17.5 Å². The smallest absolute Gasteiger partial charge is 0.407 e. The van der Waals surface area contributed by atoms with Crippen LogP contribution >= 0.6 is 0 Å². The molecule has 2 aliphatic carbocycles. The molecule has 14 nitrogen and oxygen atoms in total. The van der Waals surface area contributed by atoms with Gasteiger partial charge in [0.1, 0.15) is 23.7 Å². The van der Waals surface area contributed by atoms with Gasteiger partial charge in [0.05, 0.1) is 49.2 Å². The number of alkyl carbamates (subject to hydrolysis) is 2. The standard InChI is InChI=1S/C46H54N8O6/c1-22(2)36(51-45(57)59-6)43(55)53-30-15-12-29(19-30)40(53)42-47-21-34(49-42)26-10-8-25(9-11-26)27-13-16-31-28(18-27)14-17-33-38(31)50-41(48-33)35-20-32-24(5)39(32)54(35)44(56)37(23(3)4)52-46(58)60-7/h8-11,13-14,16-18,21-24,29-30,32,35-37,39-40H,12,15,19-20H2,1-7H3,(H,47,49)(H,48,50)(H,51,57)(H,52,58)/t24-,29+,30-,32+,35+,36+,37+,39-,40+/m1/s1. The van der Waals surface area contributed by atoms with E-state index < -0.39 is 24.3 Å². The Labute approximate surface area is 349 Å². The fraction of sp³-hybridized carbons (Fsp3) is 0.478. The number of benzene rings is 3. The number of methoxy groups -OCH3 is 2. The first-order chi connectivity index (χ1) is 28.9. The molecule has 4 aliphatic rings. The number of carbonyl (C=O) groups is 4. The number of hydrogen-bond donors (Lipinski definition) is 4. The number of piperidine rings is 2. The van der Waals surface area contributed by atoms with E-state index in [0.29, 0.717) is 17.8 Å². The summed E-state index contributed by atoms with van der Waals surface area (Å²) in [6.07, 6.45) is 4.37. The normalized spacial score (nSPS) is 25.2. The Kier molecular flexibility index (Phi) is 10.1. The largest absolute Gasteiger partial charge is 0.453 e. The molecule has 9 rings (SSSR count). The van der Waals surface area contributed by atoms with Crippen molar-refractivity contribution in [2.75, 3.05) is 14.2 Å². The van der Waals surface area contributed by atoms with E-state index in [1.807, 2.05) is 49.8 Å². The zero-order chi connectivity index (χ0) is 42.1. The molecule has 2 saturated carbocycles. The van der Waals surface area contributed by atoms with Crippen LogP contribution < -0.4 is 10.6 Å². The maximum Gasteiger partial charge on any atom is 0.407 e. The highest BCUT2D eigenvalue weighted by Gasteiger charge is 2.61. The Morgan fingerprint density at radius 2 is 1.42 bits per heavy atom. The molecule has 2 saturated heterocycles. The predicted octanol–water partition coefficient (Wildman–Crippen LogP) is 7.49. The summed E-state index contributed by atoms with van der Waals surface area (Å²) in [5.74, 6) is 2.25. The monoisotopic (exact) mass is 814 g/mol. The predicted molar refractivity (Wildman–Crippen MR) is 226 cm³/mol. The van der Waals surface area contributed by atoms with Crippen LogP contribution in [-0.2, 0) is 19.1 Å². The van der Waals surface area contributed by atoms with Gasteiger partial charge < -0.3 is 39.9 Å². The number of hydrogen-bond acceptors (Lipinski definition) is 8. The van der Waals surface area contributed by atoms with Crippen LogP contribution in [0.5, 0.6) is 0 Å². The van der Waals surface area contributed by atoms with Crippen LogP contribution in [0.3, 0.4) is 0 Å². The van der Waals surface area contributed by atoms with Gasteiger partial charge in [-0.25, -0.2) is 19.6 Å². The van der Waals surface area contributed by atoms with Crippen molar-refractivity contribution in [2.24, 2.45) is 29.6 Å². The molecular formula is C46H54N8O6. The van der Waals surface area contributed by atoms with Crippen molar-refractivity contribution < 1.29 is 28.7 Å². The molecule has 4 fully saturated rings. The summed E-state index contributed by atoms with van der Waals surface area (Å²) in [6.45, 7) is 9.90. The van der Waals surface area contributed by atoms with Gasteiger partial charge >= 0.3 is 12.2 Å². The number of amides is 4. The maximum absolute atomic E-state index is 14.1. The molecule has 4 heterocycles. The Bertz CT molecular complexity index is 2480. The van der Waals surface area contributed by atoms with E-state index in [1.165, 1.54) is 14.2 Å². The first-order valence-corrected chi connectivity index (χ1v) is 21.3. The molecule has 4 amide bonds. The van der Waals surface area contributed by atoms with Crippen molar-refractivity contribution in [1.82, 2.24) is 40.4 Å². The van der Waals surface area contributed by atoms with Gasteiger partial charge in [0.2, 0.25) is 11.8 Å². The number of likely N-dealkylation sites (tertiary alicyclic amines) is 2. The van der Waals surface area contributed by atoms with Crippen molar-refractivity contribution in [3.05, 3.63) is 72.4 Å². The van der Waals surface area contributed by atoms with Crippen LogP contribution in [0, 0.1) is 29.6 Å². The number of H-pyrrole nitrogens is 2. The Hall–Kier alpha value is -5.92. The minimum atomic E-state index is -0.696. The number of aromatic nitrogens is 4. The molecule has 314 valence electrons. The summed E-state index contributed by atoms with van der Waals surface area (Å²) >= 11 is 0. The van der Waals surface area contributed by atoms with Crippen LogP contribution in [0.1, 0.15) is 84.0 Å². The van der Waals surface area contributed by atoms with Crippen molar-refractivity contribution >= 4 is 45.8 Å². The number of ether oxygens (including phenoxy) is 2. The topological polar surface area (TPSA) is 175 Å². The highest BCUT2D eigenvalue weighted by atomic mass is 16.5. The third-order valence-corrected chi connectivity index (χ3v) is 13.8. The number of imidazole rings is 2. The van der Waals surface area contributed by atoms with Crippen molar-refractivity contribution in [1.29, 1.82) is 0 Å². The number of nitrogens with one attached hydrogen (secondary N) is 4. The van der Waals surface area contributed by atoms with Crippen LogP contribution in [0.15, 0.2) is 60.8 Å². The number of nitrogens with zero attached hydrogens (tertiary/aromatic N) is 4. The summed E-state index contributed by atoms with van der Waals surface area (Å²) in [5.41, 5.74) is 5.80. The fourth-order valence-electron chi connectivity index (χ4n) is 10.5. The molecule has 14 heteroatoms. The minimum absolute atomic E-state index is 0.0939. The van der Waals surface area contributed by atoms with Crippen molar-refractivity contribution in [3.63, 3.8) is 0 Å². The van der Waals surface area contributed by atoms with Gasteiger partial charge in [-0.3, -0.25) is 9.59 Å². The van der Waals surface area contributed by atoms with Crippen molar-refractivity contribution in [3.8, 4) is 22.4 Å². The summed E-state index contributed by atoms with van der Waals surface area (Å²) in [6, 6.07) is 17.4. The molecule has 0 radical (unpaired) electrons. The first-order valence-electron chi connectivity index (χ1n) is 21.3. The number of carbonyl (C=O) groups excluding carboxylic acids is 4. The molecule has 4 N–H and O–H groups in total. The van der Waals surface area contributed by atoms with Crippen LogP contribution in [0.25, 0.3) is 44.2 Å². The Balaban J connectivity index is 0.935. The van der Waals surface area contributed by atoms with E-state index in [2.05, 4.69) is 76.1 Å². The molecule has 9 atom stereocenters. The lowest BCUT2D eigenvalue weighted by molar-refractivity contribution is -0.139. The second kappa shape index (κ2) is 15.3. The second-order valence-corrected chi connectivity index (χ2v) is 17.9. The summed E-state index contributed by atoms with van der Waals surface area (Å²) < 4.78 is 9.67. The molecule has 3 aromatic carbocycles. The number of fused-ring (bicyclic) bond motifs is 6. The lowest BCUT2D eigenvalue weighted by Gasteiger charge is -2.37. The summed E-state index contributed by atoms with van der Waals surface area (Å²) in [4.78, 5) is 73.3. The average molecular weight is 815 g/mol. The minimum Gasteiger partial charge on any atom is -0.453 e. The zero-order valence-electron chi connectivity index (χ0n) is 35.2. The quantitative estimate of drug-likeness (QED) is 0.112. The van der Waals surface area contributed by atoms with E-state index in [0.717, 1.165) is 81.5 Å². The third-order valence-electron chi connectivity index (χ3n) is 13.8. The molecule has 2 aromatic heterocycles. The molecular weight excluding hydrogens is 761 g/mol. The van der Waals surface area contributed by atoms with Gasteiger partial charge in [-0.1, -0.05) is 77.1 Å². The first kappa shape index (κ1) is 39.5. The van der Waals surface area contributed by atoms with Gasteiger partial charge in [-0.2, -0.15) is 0 Å². The Morgan fingerprint density at radius 1 is 0.767 bits per heavy atom. The maximum atomic E-state index is 14.1. The molecule has 0 unspecified atom stereocenters. The SMILES string of the molecule is COC(=O)N[C@H](C(=O)N1[C@@H]2CC[C@@H](C2)[C@H]1c1ncc(-c2ccc(-c3ccc4c(ccc5nc([C@@H]6C[C@H]7[C@@H](C)[C@H]7N6C(=O)[C@@H](NC(=O)OC)C(C)C)[nH]c54)c3)cc2)[nH]1)C(C)C. The van der Waals surface area contributed by atoms with Gasteiger partial charge in [-0.05, 0) is 89.5 Å². The summed E-state index contributed by atoms with van der Waals surface area (Å²) in [5, 5.41) is 7.65. The molecule has 2 bridgehead atoms. The fourth-order valence-corrected chi connectivity index (χ4v) is 10.5. The lowest BCUT2D eigenvalue weighted by atomic mass is 9.95. The molecule has 2 aliphatic heterocycles. The highest BCUT2D eigenvalue weighted by molar-refractivity contribution is 6.05. The van der Waals surface area contributed by atoms with Crippen LogP contribution in [0.2, 0.25) is 0 Å². The van der Waals surface area contributed by atoms with E-state index in [1.54, 1.807) is 0 Å². The van der Waals surface area contributed by atoms with Gasteiger partial charge in [0.15, 0.2) is 0 Å². The third kappa shape index (κ3) is 6.73. The van der Waals surface area contributed by atoms with E-state index in [4.69, 9.17) is 19.4 Å². The second-order valence-electron chi connectivity index (χ2n) is 17.9. The highest BCUT2D eigenvalue weighted by Crippen LogP contribution is 2.58. The zero-order valence-corrected chi connectivity index (χ0v) is 35.2. The number of aromatic amines is 2.